The summed E-state index contributed by atoms with van der Waals surface area (Å²) in [6, 6.07) is 16.4. The van der Waals surface area contributed by atoms with Crippen LogP contribution in [-0.2, 0) is 9.84 Å². The van der Waals surface area contributed by atoms with Crippen molar-refractivity contribution in [1.82, 2.24) is 9.78 Å². The Kier molecular flexibility index (Phi) is 5.10. The van der Waals surface area contributed by atoms with E-state index in [1.165, 1.54) is 10.9 Å². The lowest BCUT2D eigenvalue weighted by atomic mass is 10.2. The van der Waals surface area contributed by atoms with Gasteiger partial charge in [-0.2, -0.15) is 0 Å². The molecule has 0 radical (unpaired) electrons. The number of para-hydroxylation sites is 1. The molecule has 1 unspecified atom stereocenters. The quantitative estimate of drug-likeness (QED) is 0.651. The van der Waals surface area contributed by atoms with Crippen molar-refractivity contribution in [3.05, 3.63) is 76.2 Å². The summed E-state index contributed by atoms with van der Waals surface area (Å²) in [5, 5.41) is 2.99. The van der Waals surface area contributed by atoms with Gasteiger partial charge in [-0.25, -0.2) is 13.1 Å². The van der Waals surface area contributed by atoms with E-state index in [0.717, 1.165) is 5.75 Å². The van der Waals surface area contributed by atoms with Crippen LogP contribution in [0.3, 0.4) is 0 Å². The zero-order valence-electron chi connectivity index (χ0n) is 15.9. The molecule has 4 rings (SSSR count). The number of rotatable bonds is 5. The van der Waals surface area contributed by atoms with Gasteiger partial charge in [0.25, 0.3) is 5.56 Å². The van der Waals surface area contributed by atoms with Crippen LogP contribution in [-0.4, -0.2) is 35.9 Å². The molecule has 1 aliphatic heterocycles. The van der Waals surface area contributed by atoms with Crippen molar-refractivity contribution in [2.24, 2.45) is 4.99 Å². The summed E-state index contributed by atoms with van der Waals surface area (Å²) in [4.78, 5) is 17.1. The summed E-state index contributed by atoms with van der Waals surface area (Å²) in [6.45, 7) is 1.78. The second-order valence-electron chi connectivity index (χ2n) is 7.05. The molecule has 1 saturated heterocycles. The number of hydrogen-bond donors (Lipinski definition) is 1. The first-order valence-corrected chi connectivity index (χ1v) is 11.1. The van der Waals surface area contributed by atoms with Gasteiger partial charge in [0.2, 0.25) is 0 Å². The molecule has 2 aromatic carbocycles. The van der Waals surface area contributed by atoms with Crippen LogP contribution in [0.1, 0.15) is 23.7 Å². The standard InChI is InChI=1S/C21H21N3O4S/c1-15-20(21(25)24(23-15)17-11-12-29(26,27)14-17)13-22-16-7-9-19(10-8-16)28-18-5-3-2-4-6-18/h2-10,13,17,23H,11-12,14H2,1H3. The van der Waals surface area contributed by atoms with E-state index in [1.807, 2.05) is 42.5 Å². The highest BCUT2D eigenvalue weighted by atomic mass is 32.2. The van der Waals surface area contributed by atoms with Crippen LogP contribution in [0.4, 0.5) is 5.69 Å². The van der Waals surface area contributed by atoms with Crippen LogP contribution in [0.2, 0.25) is 0 Å². The van der Waals surface area contributed by atoms with E-state index in [9.17, 15) is 13.2 Å². The van der Waals surface area contributed by atoms with E-state index < -0.39 is 9.84 Å². The first-order chi connectivity index (χ1) is 13.9. The van der Waals surface area contributed by atoms with Crippen LogP contribution in [0.15, 0.2) is 64.4 Å². The third-order valence-corrected chi connectivity index (χ3v) is 6.62. The monoisotopic (exact) mass is 411 g/mol. The first kappa shape index (κ1) is 19.2. The summed E-state index contributed by atoms with van der Waals surface area (Å²) < 4.78 is 30.6. The minimum atomic E-state index is -3.07. The van der Waals surface area contributed by atoms with Gasteiger partial charge >= 0.3 is 0 Å². The lowest BCUT2D eigenvalue weighted by molar-refractivity contribution is 0.483. The number of aromatic nitrogens is 2. The average Bonchev–Trinajstić information content (AvgIpc) is 3.20. The van der Waals surface area contributed by atoms with Crippen molar-refractivity contribution in [2.75, 3.05) is 11.5 Å². The Bertz CT molecular complexity index is 1190. The molecule has 0 bridgehead atoms. The third-order valence-electron chi connectivity index (χ3n) is 4.87. The van der Waals surface area contributed by atoms with Crippen molar-refractivity contribution in [2.45, 2.75) is 19.4 Å². The predicted octanol–water partition coefficient (Wildman–Crippen LogP) is 3.39. The Morgan fingerprint density at radius 1 is 1.10 bits per heavy atom. The molecule has 7 nitrogen and oxygen atoms in total. The van der Waals surface area contributed by atoms with E-state index in [2.05, 4.69) is 10.1 Å². The topological polar surface area (TPSA) is 93.5 Å². The number of sulfone groups is 1. The number of nitrogens with one attached hydrogen (secondary N) is 1. The Morgan fingerprint density at radius 2 is 1.79 bits per heavy atom. The smallest absolute Gasteiger partial charge is 0.275 e. The van der Waals surface area contributed by atoms with Gasteiger partial charge in [0.1, 0.15) is 11.5 Å². The Labute approximate surface area is 168 Å². The van der Waals surface area contributed by atoms with E-state index >= 15 is 0 Å². The molecule has 1 atom stereocenters. The average molecular weight is 411 g/mol. The molecule has 0 aliphatic carbocycles. The van der Waals surface area contributed by atoms with Crippen molar-refractivity contribution in [3.8, 4) is 11.5 Å². The predicted molar refractivity (Wildman–Crippen MR) is 112 cm³/mol. The molecule has 1 aromatic heterocycles. The fraction of sp³-hybridized carbons (Fsp3) is 0.238. The molecule has 0 saturated carbocycles. The Morgan fingerprint density at radius 3 is 2.45 bits per heavy atom. The van der Waals surface area contributed by atoms with Gasteiger partial charge in [-0.3, -0.25) is 14.9 Å². The fourth-order valence-electron chi connectivity index (χ4n) is 3.33. The highest BCUT2D eigenvalue weighted by Crippen LogP contribution is 2.24. The van der Waals surface area contributed by atoms with Crippen molar-refractivity contribution in [3.63, 3.8) is 0 Å². The van der Waals surface area contributed by atoms with Gasteiger partial charge in [-0.05, 0) is 49.7 Å². The van der Waals surface area contributed by atoms with E-state index in [-0.39, 0.29) is 23.1 Å². The van der Waals surface area contributed by atoms with Gasteiger partial charge in [0.05, 0.1) is 28.8 Å². The summed E-state index contributed by atoms with van der Waals surface area (Å²) in [5.74, 6) is 1.55. The number of hydrogen-bond acceptors (Lipinski definition) is 5. The van der Waals surface area contributed by atoms with E-state index in [4.69, 9.17) is 4.74 Å². The van der Waals surface area contributed by atoms with Gasteiger partial charge in [0, 0.05) is 11.9 Å². The first-order valence-electron chi connectivity index (χ1n) is 9.30. The highest BCUT2D eigenvalue weighted by Gasteiger charge is 2.31. The summed E-state index contributed by atoms with van der Waals surface area (Å²) in [5.41, 5.74) is 1.52. The normalized spacial score (nSPS) is 18.3. The maximum absolute atomic E-state index is 12.7. The van der Waals surface area contributed by atoms with Crippen LogP contribution >= 0.6 is 0 Å². The summed E-state index contributed by atoms with van der Waals surface area (Å²) in [7, 11) is -3.07. The van der Waals surface area contributed by atoms with Gasteiger partial charge in [-0.1, -0.05) is 18.2 Å². The lowest BCUT2D eigenvalue weighted by Gasteiger charge is -2.07. The fourth-order valence-corrected chi connectivity index (χ4v) is 5.03. The molecule has 0 amide bonds. The molecule has 0 spiro atoms. The van der Waals surface area contributed by atoms with Crippen molar-refractivity contribution < 1.29 is 13.2 Å². The maximum Gasteiger partial charge on any atom is 0.275 e. The number of aliphatic imine (C=N–C) groups is 1. The Balaban J connectivity index is 1.50. The largest absolute Gasteiger partial charge is 0.457 e. The summed E-state index contributed by atoms with van der Waals surface area (Å²) in [6.07, 6.45) is 1.96. The number of H-pyrrole nitrogens is 1. The van der Waals surface area contributed by atoms with Gasteiger partial charge in [0.15, 0.2) is 9.84 Å². The zero-order chi connectivity index (χ0) is 20.4. The van der Waals surface area contributed by atoms with Crippen LogP contribution in [0, 0.1) is 6.92 Å². The second-order valence-corrected chi connectivity index (χ2v) is 9.28. The van der Waals surface area contributed by atoms with Gasteiger partial charge in [-0.15, -0.1) is 0 Å². The number of nitrogens with zero attached hydrogens (tertiary/aromatic N) is 2. The molecule has 29 heavy (non-hydrogen) atoms. The maximum atomic E-state index is 12.7. The SMILES string of the molecule is Cc1[nH]n(C2CCS(=O)(=O)C2)c(=O)c1C=Nc1ccc(Oc2ccccc2)cc1. The van der Waals surface area contributed by atoms with Crippen molar-refractivity contribution >= 4 is 21.7 Å². The molecule has 1 aliphatic rings. The minimum absolute atomic E-state index is 0.00762. The molecular formula is C21H21N3O4S. The minimum Gasteiger partial charge on any atom is -0.457 e. The van der Waals surface area contributed by atoms with E-state index in [0.29, 0.717) is 29.1 Å². The van der Waals surface area contributed by atoms with Crippen LogP contribution < -0.4 is 10.3 Å². The number of ether oxygens (including phenoxy) is 1. The highest BCUT2D eigenvalue weighted by molar-refractivity contribution is 7.91. The molecule has 1 N–H and O–H groups in total. The van der Waals surface area contributed by atoms with Crippen LogP contribution in [0.25, 0.3) is 0 Å². The molecule has 150 valence electrons. The molecule has 3 aromatic rings. The molecule has 2 heterocycles. The Hall–Kier alpha value is -3.13. The third kappa shape index (κ3) is 4.32. The number of benzene rings is 2. The van der Waals surface area contributed by atoms with Gasteiger partial charge < -0.3 is 4.74 Å². The lowest BCUT2D eigenvalue weighted by Crippen LogP contribution is -2.25. The molecule has 1 fully saturated rings. The molecular weight excluding hydrogens is 390 g/mol. The van der Waals surface area contributed by atoms with Crippen molar-refractivity contribution in [1.29, 1.82) is 0 Å². The number of aryl methyl sites for hydroxylation is 1. The molecule has 8 heteroatoms. The second kappa shape index (κ2) is 7.71. The summed E-state index contributed by atoms with van der Waals surface area (Å²) >= 11 is 0. The zero-order valence-corrected chi connectivity index (χ0v) is 16.7. The number of aromatic amines is 1. The van der Waals surface area contributed by atoms with E-state index in [1.54, 1.807) is 19.1 Å². The van der Waals surface area contributed by atoms with Crippen LogP contribution in [0.5, 0.6) is 11.5 Å².